The molecule has 1 aromatic heterocycles. The molecule has 9 heteroatoms. The highest BCUT2D eigenvalue weighted by molar-refractivity contribution is 5.71. The Morgan fingerprint density at radius 2 is 1.83 bits per heavy atom. The van der Waals surface area contributed by atoms with E-state index in [1.807, 2.05) is 26.0 Å². The summed E-state index contributed by atoms with van der Waals surface area (Å²) >= 11 is 0. The molecule has 0 bridgehead atoms. The maximum absolute atomic E-state index is 11.5. The molecule has 0 aliphatic carbocycles. The van der Waals surface area contributed by atoms with Gasteiger partial charge in [0.15, 0.2) is 0 Å². The number of rotatable bonds is 7. The molecule has 1 aliphatic heterocycles. The van der Waals surface area contributed by atoms with Crippen LogP contribution in [0.5, 0.6) is 5.75 Å². The zero-order valence-corrected chi connectivity index (χ0v) is 17.3. The molecule has 1 fully saturated rings. The van der Waals surface area contributed by atoms with E-state index < -0.39 is 4.92 Å². The fourth-order valence-corrected chi connectivity index (χ4v) is 3.25. The number of aromatic nitrogens is 1. The van der Waals surface area contributed by atoms with Gasteiger partial charge in [-0.1, -0.05) is 0 Å². The van der Waals surface area contributed by atoms with Crippen molar-refractivity contribution in [1.82, 2.24) is 9.88 Å². The van der Waals surface area contributed by atoms with E-state index in [9.17, 15) is 10.1 Å². The summed E-state index contributed by atoms with van der Waals surface area (Å²) in [6.07, 6.45) is 0. The lowest BCUT2D eigenvalue weighted by Crippen LogP contribution is -2.44. The van der Waals surface area contributed by atoms with Crippen molar-refractivity contribution in [2.45, 2.75) is 19.9 Å². The number of nitrogens with zero attached hydrogens (tertiary/aromatic N) is 4. The van der Waals surface area contributed by atoms with Crippen LogP contribution in [0.4, 0.5) is 28.7 Å². The first-order chi connectivity index (χ1) is 13.9. The number of anilines is 4. The van der Waals surface area contributed by atoms with E-state index in [1.54, 1.807) is 0 Å². The van der Waals surface area contributed by atoms with Gasteiger partial charge in [0.2, 0.25) is 11.6 Å². The van der Waals surface area contributed by atoms with E-state index in [0.29, 0.717) is 5.82 Å². The van der Waals surface area contributed by atoms with Crippen molar-refractivity contribution in [1.29, 1.82) is 0 Å². The molecule has 0 spiro atoms. The van der Waals surface area contributed by atoms with E-state index >= 15 is 0 Å². The standard InChI is InChI=1S/C20H28N6O3/c1-14(2)21-20-19(26(27)28)17(29-4)13-18(23-20)22-15-5-7-16(8-6-15)25-11-9-24(3)10-12-25/h5-8,13-14H,9-12H2,1-4H3,(H2,21,22,23). The van der Waals surface area contributed by atoms with Crippen molar-refractivity contribution in [2.75, 3.05) is 55.9 Å². The van der Waals surface area contributed by atoms with Gasteiger partial charge < -0.3 is 25.2 Å². The molecule has 0 radical (unpaired) electrons. The molecule has 2 aromatic rings. The van der Waals surface area contributed by atoms with Gasteiger partial charge in [0.05, 0.1) is 12.0 Å². The summed E-state index contributed by atoms with van der Waals surface area (Å²) in [5.74, 6) is 0.813. The maximum Gasteiger partial charge on any atom is 0.352 e. The second-order valence-corrected chi connectivity index (χ2v) is 7.43. The van der Waals surface area contributed by atoms with Crippen molar-refractivity contribution < 1.29 is 9.66 Å². The average molecular weight is 400 g/mol. The highest BCUT2D eigenvalue weighted by Gasteiger charge is 2.24. The number of nitro groups is 1. The maximum atomic E-state index is 11.5. The van der Waals surface area contributed by atoms with Crippen LogP contribution in [0.1, 0.15) is 13.8 Å². The fraction of sp³-hybridized carbons (Fsp3) is 0.450. The molecule has 0 unspecified atom stereocenters. The Morgan fingerprint density at radius 3 is 2.38 bits per heavy atom. The van der Waals surface area contributed by atoms with Gasteiger partial charge >= 0.3 is 5.69 Å². The minimum Gasteiger partial charge on any atom is -0.490 e. The first-order valence-electron chi connectivity index (χ1n) is 9.68. The Bertz CT molecular complexity index is 848. The molecule has 156 valence electrons. The van der Waals surface area contributed by atoms with Crippen LogP contribution in [0.3, 0.4) is 0 Å². The van der Waals surface area contributed by atoms with Crippen LogP contribution in [0.2, 0.25) is 0 Å². The second kappa shape index (κ2) is 8.95. The molecular weight excluding hydrogens is 372 g/mol. The van der Waals surface area contributed by atoms with E-state index in [2.05, 4.69) is 44.6 Å². The van der Waals surface area contributed by atoms with Crippen LogP contribution in [-0.2, 0) is 0 Å². The molecule has 1 saturated heterocycles. The van der Waals surface area contributed by atoms with Gasteiger partial charge in [0.25, 0.3) is 0 Å². The second-order valence-electron chi connectivity index (χ2n) is 7.43. The fourth-order valence-electron chi connectivity index (χ4n) is 3.25. The highest BCUT2D eigenvalue weighted by atomic mass is 16.6. The quantitative estimate of drug-likeness (QED) is 0.540. The molecule has 29 heavy (non-hydrogen) atoms. The molecule has 0 saturated carbocycles. The normalized spacial score (nSPS) is 14.7. The lowest BCUT2D eigenvalue weighted by atomic mass is 10.2. The van der Waals surface area contributed by atoms with Crippen LogP contribution < -0.4 is 20.3 Å². The molecule has 1 aromatic carbocycles. The number of hydrogen-bond donors (Lipinski definition) is 2. The average Bonchev–Trinajstić information content (AvgIpc) is 2.68. The van der Waals surface area contributed by atoms with Crippen molar-refractivity contribution in [3.63, 3.8) is 0 Å². The lowest BCUT2D eigenvalue weighted by molar-refractivity contribution is -0.385. The number of ether oxygens (including phenoxy) is 1. The van der Waals surface area contributed by atoms with Crippen molar-refractivity contribution >= 4 is 28.7 Å². The third kappa shape index (κ3) is 5.05. The number of pyridine rings is 1. The van der Waals surface area contributed by atoms with E-state index in [4.69, 9.17) is 4.74 Å². The topological polar surface area (TPSA) is 95.8 Å². The Kier molecular flexibility index (Phi) is 6.38. The lowest BCUT2D eigenvalue weighted by Gasteiger charge is -2.34. The molecule has 0 amide bonds. The molecule has 1 aliphatic rings. The van der Waals surface area contributed by atoms with Gasteiger partial charge in [-0.25, -0.2) is 4.98 Å². The zero-order chi connectivity index (χ0) is 21.0. The predicted molar refractivity (Wildman–Crippen MR) is 116 cm³/mol. The smallest absolute Gasteiger partial charge is 0.352 e. The first kappa shape index (κ1) is 20.7. The number of methoxy groups -OCH3 is 1. The van der Waals surface area contributed by atoms with Crippen molar-refractivity contribution in [3.8, 4) is 5.75 Å². The highest BCUT2D eigenvalue weighted by Crippen LogP contribution is 2.36. The van der Waals surface area contributed by atoms with Crippen LogP contribution in [0.15, 0.2) is 30.3 Å². The Morgan fingerprint density at radius 1 is 1.17 bits per heavy atom. The van der Waals surface area contributed by atoms with Gasteiger partial charge in [0.1, 0.15) is 5.82 Å². The summed E-state index contributed by atoms with van der Waals surface area (Å²) in [6, 6.07) is 9.65. The predicted octanol–water partition coefficient (Wildman–Crippen LogP) is 3.31. The van der Waals surface area contributed by atoms with Gasteiger partial charge in [-0.15, -0.1) is 0 Å². The Labute approximate surface area is 170 Å². The monoisotopic (exact) mass is 400 g/mol. The third-order valence-corrected chi connectivity index (χ3v) is 4.79. The van der Waals surface area contributed by atoms with Crippen molar-refractivity contribution in [2.24, 2.45) is 0 Å². The number of nitrogens with one attached hydrogen (secondary N) is 2. The molecule has 9 nitrogen and oxygen atoms in total. The molecular formula is C20H28N6O3. The largest absolute Gasteiger partial charge is 0.490 e. The summed E-state index contributed by atoms with van der Waals surface area (Å²) in [6.45, 7) is 7.92. The third-order valence-electron chi connectivity index (χ3n) is 4.79. The Balaban J connectivity index is 1.81. The number of piperazine rings is 1. The van der Waals surface area contributed by atoms with E-state index in [0.717, 1.165) is 31.9 Å². The minimum atomic E-state index is -0.481. The van der Waals surface area contributed by atoms with Crippen molar-refractivity contribution in [3.05, 3.63) is 40.4 Å². The van der Waals surface area contributed by atoms with Gasteiger partial charge in [-0.05, 0) is 45.2 Å². The number of benzene rings is 1. The summed E-state index contributed by atoms with van der Waals surface area (Å²) in [5.41, 5.74) is 1.86. The summed E-state index contributed by atoms with van der Waals surface area (Å²) in [4.78, 5) is 20.1. The molecule has 2 heterocycles. The van der Waals surface area contributed by atoms with Crippen LogP contribution in [0, 0.1) is 10.1 Å². The number of likely N-dealkylation sites (N-methyl/N-ethyl adjacent to an activating group) is 1. The van der Waals surface area contributed by atoms with Crippen LogP contribution in [0.25, 0.3) is 0 Å². The van der Waals surface area contributed by atoms with Crippen LogP contribution in [-0.4, -0.2) is 61.2 Å². The molecule has 3 rings (SSSR count). The van der Waals surface area contributed by atoms with Gasteiger partial charge in [-0.2, -0.15) is 0 Å². The summed E-state index contributed by atoms with van der Waals surface area (Å²) in [5, 5.41) is 17.7. The number of hydrogen-bond acceptors (Lipinski definition) is 8. The zero-order valence-electron chi connectivity index (χ0n) is 17.3. The summed E-state index contributed by atoms with van der Waals surface area (Å²) < 4.78 is 5.24. The first-order valence-corrected chi connectivity index (χ1v) is 9.68. The SMILES string of the molecule is COc1cc(Nc2ccc(N3CCN(C)CC3)cc2)nc(NC(C)C)c1[N+](=O)[O-]. The van der Waals surface area contributed by atoms with E-state index in [1.165, 1.54) is 18.9 Å². The minimum absolute atomic E-state index is 0.0102. The molecule has 2 N–H and O–H groups in total. The molecule has 0 atom stereocenters. The van der Waals surface area contributed by atoms with Gasteiger partial charge in [-0.3, -0.25) is 10.1 Å². The van der Waals surface area contributed by atoms with E-state index in [-0.39, 0.29) is 23.3 Å². The Hall–Kier alpha value is -3.07. The summed E-state index contributed by atoms with van der Waals surface area (Å²) in [7, 11) is 3.55. The van der Waals surface area contributed by atoms with Crippen LogP contribution >= 0.6 is 0 Å². The van der Waals surface area contributed by atoms with Gasteiger partial charge in [0, 0.05) is 49.7 Å².